The lowest BCUT2D eigenvalue weighted by Gasteiger charge is -2.09. The fourth-order valence-electron chi connectivity index (χ4n) is 1.31. The van der Waals surface area contributed by atoms with E-state index >= 15 is 0 Å². The van der Waals surface area contributed by atoms with Gasteiger partial charge in [0.05, 0.1) is 4.90 Å². The summed E-state index contributed by atoms with van der Waals surface area (Å²) in [5, 5.41) is 1.06. The molecule has 2 aromatic rings. The van der Waals surface area contributed by atoms with E-state index in [2.05, 4.69) is 4.98 Å². The first-order valence-corrected chi connectivity index (χ1v) is 5.28. The Morgan fingerprint density at radius 2 is 2.00 bits per heavy atom. The molecule has 1 aromatic heterocycles. The highest BCUT2D eigenvalue weighted by Gasteiger charge is 2.05. The average molecular weight is 208 g/mol. The molecule has 0 amide bonds. The molecule has 0 saturated carbocycles. The highest BCUT2D eigenvalue weighted by Crippen LogP contribution is 2.21. The maximum Gasteiger partial charge on any atom is 0.125 e. The highest BCUT2D eigenvalue weighted by molar-refractivity contribution is 7.86. The molecule has 14 heavy (non-hydrogen) atoms. The third kappa shape index (κ3) is 1.47. The van der Waals surface area contributed by atoms with E-state index in [0.29, 0.717) is 10.8 Å². The molecule has 2 rings (SSSR count). The zero-order valence-electron chi connectivity index (χ0n) is 7.04. The summed E-state index contributed by atoms with van der Waals surface area (Å²) in [6, 6.07) is 6.04. The molecule has 0 radical (unpaired) electrons. The zero-order chi connectivity index (χ0) is 10.2. The van der Waals surface area contributed by atoms with E-state index in [0.717, 1.165) is 0 Å². The van der Waals surface area contributed by atoms with Crippen molar-refractivity contribution in [2.24, 2.45) is 0 Å². The van der Waals surface area contributed by atoms with Crippen LogP contribution in [0.3, 0.4) is 0 Å². The van der Waals surface area contributed by atoms with Crippen molar-refractivity contribution in [1.29, 1.82) is 0 Å². The summed E-state index contributed by atoms with van der Waals surface area (Å²) in [6.45, 7) is 0. The van der Waals surface area contributed by atoms with Crippen molar-refractivity contribution < 1.29 is 13.0 Å². The Bertz CT molecular complexity index is 572. The third-order valence-corrected chi connectivity index (χ3v) is 2.80. The number of rotatable bonds is 1. The number of benzene rings is 1. The lowest BCUT2D eigenvalue weighted by atomic mass is 10.2. The van der Waals surface area contributed by atoms with Crippen LogP contribution < -0.4 is 0 Å². The fraction of sp³-hybridized carbons (Fsp3) is 0. The number of pyridine rings is 1. The van der Waals surface area contributed by atoms with Crippen LogP contribution in [0.4, 0.5) is 0 Å². The van der Waals surface area contributed by atoms with E-state index in [4.69, 9.17) is 0 Å². The van der Waals surface area contributed by atoms with Crippen molar-refractivity contribution in [1.82, 2.24) is 4.98 Å². The first-order valence-electron chi connectivity index (χ1n) is 3.88. The molecule has 0 aliphatic heterocycles. The van der Waals surface area contributed by atoms with Crippen LogP contribution in [0.15, 0.2) is 41.6 Å². The van der Waals surface area contributed by atoms with Crippen molar-refractivity contribution in [2.75, 3.05) is 0 Å². The van der Waals surface area contributed by atoms with Crippen LogP contribution in [0.25, 0.3) is 10.8 Å². The largest absolute Gasteiger partial charge is 0.744 e. The second-order valence-corrected chi connectivity index (χ2v) is 4.16. The van der Waals surface area contributed by atoms with Crippen molar-refractivity contribution in [3.63, 3.8) is 0 Å². The molecule has 0 bridgehead atoms. The van der Waals surface area contributed by atoms with Gasteiger partial charge >= 0.3 is 0 Å². The van der Waals surface area contributed by atoms with E-state index in [1.807, 2.05) is 0 Å². The molecule has 72 valence electrons. The van der Waals surface area contributed by atoms with Crippen LogP contribution in [-0.2, 0) is 10.1 Å². The van der Waals surface area contributed by atoms with Gasteiger partial charge in [-0.05, 0) is 12.1 Å². The molecular weight excluding hydrogens is 202 g/mol. The van der Waals surface area contributed by atoms with Crippen molar-refractivity contribution in [3.8, 4) is 0 Å². The Kier molecular flexibility index (Phi) is 1.98. The maximum absolute atomic E-state index is 10.9. The summed E-state index contributed by atoms with van der Waals surface area (Å²) < 4.78 is 32.6. The number of aromatic nitrogens is 1. The summed E-state index contributed by atoms with van der Waals surface area (Å²) in [6.07, 6.45) is 2.97. The minimum absolute atomic E-state index is 0.197. The highest BCUT2D eigenvalue weighted by atomic mass is 32.2. The Hall–Kier alpha value is -1.46. The van der Waals surface area contributed by atoms with E-state index in [-0.39, 0.29) is 4.90 Å². The molecule has 0 saturated heterocycles. The average Bonchev–Trinajstić information content (AvgIpc) is 2.15. The number of hydrogen-bond donors (Lipinski definition) is 0. The lowest BCUT2D eigenvalue weighted by molar-refractivity contribution is 0.464. The van der Waals surface area contributed by atoms with Crippen LogP contribution in [0, 0.1) is 0 Å². The second kappa shape index (κ2) is 3.04. The topological polar surface area (TPSA) is 70.1 Å². The zero-order valence-corrected chi connectivity index (χ0v) is 7.86. The molecule has 0 unspecified atom stereocenters. The predicted octanol–water partition coefficient (Wildman–Crippen LogP) is 1.14. The summed E-state index contributed by atoms with van der Waals surface area (Å²) in [7, 11) is -4.41. The van der Waals surface area contributed by atoms with Gasteiger partial charge in [-0.15, -0.1) is 0 Å². The SMILES string of the molecule is O=S(=O)([O-])c1cccc2cnccc12. The number of nitrogens with zero attached hydrogens (tertiary/aromatic N) is 1. The van der Waals surface area contributed by atoms with Crippen LogP contribution in [0.2, 0.25) is 0 Å². The van der Waals surface area contributed by atoms with Gasteiger partial charge in [0, 0.05) is 23.2 Å². The van der Waals surface area contributed by atoms with Gasteiger partial charge in [0.1, 0.15) is 10.1 Å². The molecule has 0 fully saturated rings. The van der Waals surface area contributed by atoms with E-state index in [1.54, 1.807) is 6.07 Å². The molecule has 0 aliphatic rings. The molecule has 0 aliphatic carbocycles. The van der Waals surface area contributed by atoms with Crippen molar-refractivity contribution in [2.45, 2.75) is 4.90 Å². The Balaban J connectivity index is 2.92. The van der Waals surface area contributed by atoms with Gasteiger partial charge in [0.25, 0.3) is 0 Å². The monoisotopic (exact) mass is 208 g/mol. The maximum atomic E-state index is 10.9. The van der Waals surface area contributed by atoms with Gasteiger partial charge in [0.2, 0.25) is 0 Å². The van der Waals surface area contributed by atoms with Gasteiger partial charge < -0.3 is 4.55 Å². The molecule has 0 atom stereocenters. The van der Waals surface area contributed by atoms with Gasteiger partial charge in [-0.25, -0.2) is 8.42 Å². The number of hydrogen-bond acceptors (Lipinski definition) is 4. The minimum atomic E-state index is -4.41. The first-order chi connectivity index (χ1) is 6.59. The smallest absolute Gasteiger partial charge is 0.125 e. The Morgan fingerprint density at radius 1 is 1.21 bits per heavy atom. The van der Waals surface area contributed by atoms with Crippen LogP contribution in [0.5, 0.6) is 0 Å². The second-order valence-electron chi connectivity index (χ2n) is 2.81. The van der Waals surface area contributed by atoms with Crippen LogP contribution in [0.1, 0.15) is 0 Å². The van der Waals surface area contributed by atoms with E-state index < -0.39 is 10.1 Å². The summed E-state index contributed by atoms with van der Waals surface area (Å²) in [4.78, 5) is 3.64. The standard InChI is InChI=1S/C9H7NO3S/c11-14(12,13)9-3-1-2-7-6-10-5-4-8(7)9/h1-6H,(H,11,12,13)/p-1. The first kappa shape index (κ1) is 9.11. The minimum Gasteiger partial charge on any atom is -0.744 e. The fourth-order valence-corrected chi connectivity index (χ4v) is 2.01. The third-order valence-electron chi connectivity index (χ3n) is 1.91. The quantitative estimate of drug-likeness (QED) is 0.659. The molecule has 5 heteroatoms. The van der Waals surface area contributed by atoms with E-state index in [1.165, 1.54) is 30.6 Å². The van der Waals surface area contributed by atoms with Crippen LogP contribution in [-0.4, -0.2) is 18.0 Å². The number of fused-ring (bicyclic) bond motifs is 1. The molecule has 1 heterocycles. The molecule has 1 aromatic carbocycles. The normalized spacial score (nSPS) is 11.8. The molecular formula is C9H6NO3S-. The summed E-state index contributed by atoms with van der Waals surface area (Å²) in [5.74, 6) is 0. The molecule has 0 N–H and O–H groups in total. The Labute approximate surface area is 81.0 Å². The molecule has 4 nitrogen and oxygen atoms in total. The Morgan fingerprint density at radius 3 is 2.71 bits per heavy atom. The van der Waals surface area contributed by atoms with Gasteiger partial charge in [-0.3, -0.25) is 4.98 Å². The summed E-state index contributed by atoms with van der Waals surface area (Å²) in [5.41, 5.74) is 0. The molecule has 0 spiro atoms. The van der Waals surface area contributed by atoms with Crippen molar-refractivity contribution >= 4 is 20.9 Å². The van der Waals surface area contributed by atoms with Crippen molar-refractivity contribution in [3.05, 3.63) is 36.7 Å². The van der Waals surface area contributed by atoms with E-state index in [9.17, 15) is 13.0 Å². The van der Waals surface area contributed by atoms with Gasteiger partial charge in [-0.2, -0.15) is 0 Å². The van der Waals surface area contributed by atoms with Gasteiger partial charge in [-0.1, -0.05) is 12.1 Å². The lowest BCUT2D eigenvalue weighted by Crippen LogP contribution is -1.99. The van der Waals surface area contributed by atoms with Crippen LogP contribution >= 0.6 is 0 Å². The summed E-state index contributed by atoms with van der Waals surface area (Å²) >= 11 is 0. The predicted molar refractivity (Wildman–Crippen MR) is 49.7 cm³/mol. The van der Waals surface area contributed by atoms with Gasteiger partial charge in [0.15, 0.2) is 0 Å².